The van der Waals surface area contributed by atoms with Crippen LogP contribution in [0.2, 0.25) is 0 Å². The predicted octanol–water partition coefficient (Wildman–Crippen LogP) is 3.82. The predicted molar refractivity (Wildman–Crippen MR) is 114 cm³/mol. The van der Waals surface area contributed by atoms with Gasteiger partial charge in [-0.25, -0.2) is 4.79 Å². The molecule has 30 heavy (non-hydrogen) atoms. The molecule has 1 atom stereocenters. The van der Waals surface area contributed by atoms with E-state index in [9.17, 15) is 14.4 Å². The minimum Gasteiger partial charge on any atom is -0.463 e. The molecule has 0 radical (unpaired) electrons. The van der Waals surface area contributed by atoms with Gasteiger partial charge >= 0.3 is 5.97 Å². The van der Waals surface area contributed by atoms with Gasteiger partial charge in [-0.05, 0) is 38.0 Å². The highest BCUT2D eigenvalue weighted by Crippen LogP contribution is 2.32. The van der Waals surface area contributed by atoms with E-state index in [0.717, 1.165) is 11.1 Å². The molecule has 0 aromatic heterocycles. The van der Waals surface area contributed by atoms with E-state index >= 15 is 0 Å². The second kappa shape index (κ2) is 9.39. The quantitative estimate of drug-likeness (QED) is 0.740. The lowest BCUT2D eigenvalue weighted by molar-refractivity contribution is -0.142. The van der Waals surface area contributed by atoms with Gasteiger partial charge in [-0.15, -0.1) is 0 Å². The van der Waals surface area contributed by atoms with Crippen molar-refractivity contribution in [2.24, 2.45) is 5.92 Å². The molecule has 2 amide bonds. The third-order valence-corrected chi connectivity index (χ3v) is 5.22. The van der Waals surface area contributed by atoms with Crippen molar-refractivity contribution >= 4 is 23.5 Å². The first-order valence-electron chi connectivity index (χ1n) is 10.0. The van der Waals surface area contributed by atoms with Gasteiger partial charge in [0, 0.05) is 17.8 Å². The summed E-state index contributed by atoms with van der Waals surface area (Å²) < 4.78 is 5.23. The molecular formula is C24H26N2O4. The van der Waals surface area contributed by atoms with Gasteiger partial charge in [0.1, 0.15) is 0 Å². The number of para-hydroxylation sites is 1. The average molecular weight is 406 g/mol. The van der Waals surface area contributed by atoms with Crippen LogP contribution in [0.25, 0.3) is 0 Å². The molecule has 0 unspecified atom stereocenters. The number of hydrogen-bond acceptors (Lipinski definition) is 4. The van der Waals surface area contributed by atoms with Crippen LogP contribution in [0.5, 0.6) is 0 Å². The minimum atomic E-state index is -0.900. The first-order valence-corrected chi connectivity index (χ1v) is 10.0. The summed E-state index contributed by atoms with van der Waals surface area (Å²) in [6.07, 6.45) is -0.0873. The molecule has 0 spiro atoms. The Bertz CT molecular complexity index is 982. The zero-order chi connectivity index (χ0) is 21.7. The topological polar surface area (TPSA) is 75.7 Å². The van der Waals surface area contributed by atoms with E-state index in [0.29, 0.717) is 17.9 Å². The molecule has 1 aliphatic heterocycles. The Balaban J connectivity index is 1.94. The van der Waals surface area contributed by atoms with Gasteiger partial charge in [-0.3, -0.25) is 9.59 Å². The summed E-state index contributed by atoms with van der Waals surface area (Å²) in [7, 11) is 0. The molecule has 0 bridgehead atoms. The number of carbonyl (C=O) groups is 3. The van der Waals surface area contributed by atoms with Crippen LogP contribution < -0.4 is 5.32 Å². The molecule has 0 saturated carbocycles. The lowest BCUT2D eigenvalue weighted by atomic mass is 9.88. The van der Waals surface area contributed by atoms with Crippen molar-refractivity contribution in [2.75, 3.05) is 11.9 Å². The van der Waals surface area contributed by atoms with E-state index in [1.807, 2.05) is 55.5 Å². The Hall–Kier alpha value is -3.41. The van der Waals surface area contributed by atoms with E-state index < -0.39 is 11.9 Å². The number of benzene rings is 2. The van der Waals surface area contributed by atoms with Gasteiger partial charge in [-0.1, -0.05) is 48.5 Å². The van der Waals surface area contributed by atoms with Gasteiger partial charge in [0.15, 0.2) is 0 Å². The number of nitrogens with zero attached hydrogens (tertiary/aromatic N) is 1. The van der Waals surface area contributed by atoms with Crippen LogP contribution in [-0.4, -0.2) is 29.3 Å². The Morgan fingerprint density at radius 3 is 2.40 bits per heavy atom. The maximum atomic E-state index is 13.1. The molecule has 0 fully saturated rings. The summed E-state index contributed by atoms with van der Waals surface area (Å²) in [6.45, 7) is 5.82. The molecule has 0 saturated heterocycles. The van der Waals surface area contributed by atoms with Crippen molar-refractivity contribution in [3.05, 3.63) is 77.0 Å². The van der Waals surface area contributed by atoms with Crippen LogP contribution in [0, 0.1) is 12.8 Å². The number of aryl methyl sites for hydroxylation is 1. The summed E-state index contributed by atoms with van der Waals surface area (Å²) in [5.74, 6) is -2.05. The van der Waals surface area contributed by atoms with Gasteiger partial charge in [-0.2, -0.15) is 0 Å². The first-order chi connectivity index (χ1) is 14.4. The lowest BCUT2D eigenvalue weighted by Gasteiger charge is -2.33. The SMILES string of the molecule is CCOC(=O)C1=C(C)N(Cc2ccccc2)C(=O)C[C@@H]1C(=O)Nc1ccccc1C. The van der Waals surface area contributed by atoms with Gasteiger partial charge in [0.05, 0.1) is 24.6 Å². The first kappa shape index (κ1) is 21.3. The fourth-order valence-corrected chi connectivity index (χ4v) is 3.60. The maximum absolute atomic E-state index is 13.1. The van der Waals surface area contributed by atoms with Crippen LogP contribution >= 0.6 is 0 Å². The number of allylic oxidation sites excluding steroid dienone is 1. The molecule has 2 aromatic rings. The smallest absolute Gasteiger partial charge is 0.336 e. The number of esters is 1. The Labute approximate surface area is 176 Å². The number of carbonyl (C=O) groups excluding carboxylic acids is 3. The Morgan fingerprint density at radius 2 is 1.73 bits per heavy atom. The van der Waals surface area contributed by atoms with Crippen LogP contribution in [-0.2, 0) is 25.7 Å². The minimum absolute atomic E-state index is 0.0873. The highest BCUT2D eigenvalue weighted by molar-refractivity contribution is 6.06. The van der Waals surface area contributed by atoms with E-state index in [2.05, 4.69) is 5.32 Å². The van der Waals surface area contributed by atoms with Crippen molar-refractivity contribution in [2.45, 2.75) is 33.7 Å². The largest absolute Gasteiger partial charge is 0.463 e. The second-order valence-electron chi connectivity index (χ2n) is 7.25. The van der Waals surface area contributed by atoms with Crippen molar-refractivity contribution in [1.29, 1.82) is 0 Å². The van der Waals surface area contributed by atoms with Crippen molar-refractivity contribution in [1.82, 2.24) is 4.90 Å². The standard InChI is InChI=1S/C24H26N2O4/c1-4-30-24(29)22-17(3)26(15-18-11-6-5-7-12-18)21(27)14-19(22)23(28)25-20-13-9-8-10-16(20)2/h5-13,19H,4,14-15H2,1-3H3,(H,25,28)/t19-/m0/s1. The van der Waals surface area contributed by atoms with Gasteiger partial charge < -0.3 is 15.0 Å². The van der Waals surface area contributed by atoms with E-state index in [4.69, 9.17) is 4.74 Å². The maximum Gasteiger partial charge on any atom is 0.336 e. The van der Waals surface area contributed by atoms with E-state index in [-0.39, 0.29) is 30.4 Å². The number of anilines is 1. The Morgan fingerprint density at radius 1 is 1.07 bits per heavy atom. The summed E-state index contributed by atoms with van der Waals surface area (Å²) in [4.78, 5) is 40.3. The van der Waals surface area contributed by atoms with Crippen LogP contribution in [0.15, 0.2) is 65.9 Å². The van der Waals surface area contributed by atoms with Crippen molar-refractivity contribution < 1.29 is 19.1 Å². The number of ether oxygens (including phenoxy) is 1. The zero-order valence-corrected chi connectivity index (χ0v) is 17.5. The fourth-order valence-electron chi connectivity index (χ4n) is 3.60. The lowest BCUT2D eigenvalue weighted by Crippen LogP contribution is -2.42. The molecule has 156 valence electrons. The number of hydrogen-bond donors (Lipinski definition) is 1. The van der Waals surface area contributed by atoms with Crippen LogP contribution in [0.1, 0.15) is 31.4 Å². The molecule has 6 nitrogen and oxygen atoms in total. The van der Waals surface area contributed by atoms with E-state index in [1.165, 1.54) is 0 Å². The van der Waals surface area contributed by atoms with Crippen molar-refractivity contribution in [3.63, 3.8) is 0 Å². The monoisotopic (exact) mass is 406 g/mol. The van der Waals surface area contributed by atoms with Crippen LogP contribution in [0.3, 0.4) is 0 Å². The molecule has 0 aliphatic carbocycles. The third kappa shape index (κ3) is 4.59. The van der Waals surface area contributed by atoms with Crippen molar-refractivity contribution in [3.8, 4) is 0 Å². The molecule has 2 aromatic carbocycles. The highest BCUT2D eigenvalue weighted by Gasteiger charge is 2.40. The summed E-state index contributed by atoms with van der Waals surface area (Å²) in [5, 5.41) is 2.86. The normalized spacial score (nSPS) is 16.4. The molecular weight excluding hydrogens is 380 g/mol. The molecule has 1 heterocycles. The Kier molecular flexibility index (Phi) is 6.67. The van der Waals surface area contributed by atoms with Crippen LogP contribution in [0.4, 0.5) is 5.69 Å². The third-order valence-electron chi connectivity index (χ3n) is 5.22. The molecule has 1 aliphatic rings. The molecule has 6 heteroatoms. The number of amides is 2. The van der Waals surface area contributed by atoms with Gasteiger partial charge in [0.25, 0.3) is 0 Å². The zero-order valence-electron chi connectivity index (χ0n) is 17.5. The fraction of sp³-hybridized carbons (Fsp3) is 0.292. The molecule has 1 N–H and O–H groups in total. The average Bonchev–Trinajstić information content (AvgIpc) is 2.73. The number of nitrogens with one attached hydrogen (secondary N) is 1. The molecule has 3 rings (SSSR count). The highest BCUT2D eigenvalue weighted by atomic mass is 16.5. The second-order valence-corrected chi connectivity index (χ2v) is 7.25. The van der Waals surface area contributed by atoms with E-state index in [1.54, 1.807) is 24.8 Å². The summed E-state index contributed by atoms with van der Waals surface area (Å²) in [5.41, 5.74) is 3.19. The van der Waals surface area contributed by atoms with Gasteiger partial charge in [0.2, 0.25) is 11.8 Å². The number of rotatable bonds is 6. The summed E-state index contributed by atoms with van der Waals surface area (Å²) in [6, 6.07) is 16.9. The summed E-state index contributed by atoms with van der Waals surface area (Å²) >= 11 is 0.